The third kappa shape index (κ3) is 3.96. The summed E-state index contributed by atoms with van der Waals surface area (Å²) >= 11 is 1.22. The SMILES string of the molecule is CCc1cc(OCCC(=O)NC2CC2)c(C(=O)O)s1. The van der Waals surface area contributed by atoms with Crippen LogP contribution in [-0.4, -0.2) is 29.6 Å². The van der Waals surface area contributed by atoms with Crippen molar-refractivity contribution in [2.24, 2.45) is 0 Å². The highest BCUT2D eigenvalue weighted by Gasteiger charge is 2.23. The molecule has 2 N–H and O–H groups in total. The van der Waals surface area contributed by atoms with Crippen LogP contribution in [0.3, 0.4) is 0 Å². The maximum Gasteiger partial charge on any atom is 0.349 e. The van der Waals surface area contributed by atoms with Crippen molar-refractivity contribution in [3.05, 3.63) is 15.8 Å². The van der Waals surface area contributed by atoms with E-state index in [9.17, 15) is 9.59 Å². The van der Waals surface area contributed by atoms with Crippen molar-refractivity contribution in [3.8, 4) is 5.75 Å². The maximum atomic E-state index is 11.5. The molecule has 1 amide bonds. The Morgan fingerprint density at radius 1 is 1.53 bits per heavy atom. The van der Waals surface area contributed by atoms with Gasteiger partial charge in [0, 0.05) is 10.9 Å². The molecular formula is C13H17NO4S. The molecule has 1 fully saturated rings. The van der Waals surface area contributed by atoms with Crippen LogP contribution >= 0.6 is 11.3 Å². The average Bonchev–Trinajstić information content (AvgIpc) is 3.06. The zero-order valence-corrected chi connectivity index (χ0v) is 11.6. The largest absolute Gasteiger partial charge is 0.491 e. The van der Waals surface area contributed by atoms with Crippen molar-refractivity contribution in [1.82, 2.24) is 5.32 Å². The number of hydrogen-bond donors (Lipinski definition) is 2. The van der Waals surface area contributed by atoms with Crippen molar-refractivity contribution in [2.45, 2.75) is 38.6 Å². The first-order chi connectivity index (χ1) is 9.10. The number of aromatic carboxylic acids is 1. The minimum atomic E-state index is -0.984. The monoisotopic (exact) mass is 283 g/mol. The first kappa shape index (κ1) is 13.9. The Morgan fingerprint density at radius 3 is 2.84 bits per heavy atom. The van der Waals surface area contributed by atoms with Gasteiger partial charge in [-0.2, -0.15) is 0 Å². The minimum absolute atomic E-state index is 0.0367. The highest BCUT2D eigenvalue weighted by Crippen LogP contribution is 2.30. The third-order valence-corrected chi connectivity index (χ3v) is 4.07. The number of nitrogens with one attached hydrogen (secondary N) is 1. The predicted octanol–water partition coefficient (Wildman–Crippen LogP) is 2.06. The van der Waals surface area contributed by atoms with E-state index in [0.29, 0.717) is 11.8 Å². The molecule has 0 aromatic carbocycles. The van der Waals surface area contributed by atoms with Crippen LogP contribution in [0.2, 0.25) is 0 Å². The highest BCUT2D eigenvalue weighted by atomic mass is 32.1. The molecule has 1 heterocycles. The van der Waals surface area contributed by atoms with E-state index in [2.05, 4.69) is 5.32 Å². The van der Waals surface area contributed by atoms with Gasteiger partial charge < -0.3 is 15.2 Å². The fourth-order valence-electron chi connectivity index (χ4n) is 1.63. The van der Waals surface area contributed by atoms with E-state index < -0.39 is 5.97 Å². The summed E-state index contributed by atoms with van der Waals surface area (Å²) in [6, 6.07) is 2.09. The molecule has 1 aromatic rings. The molecule has 1 aliphatic carbocycles. The van der Waals surface area contributed by atoms with E-state index in [4.69, 9.17) is 9.84 Å². The summed E-state index contributed by atoms with van der Waals surface area (Å²) in [6.07, 6.45) is 3.14. The maximum absolute atomic E-state index is 11.5. The van der Waals surface area contributed by atoms with Gasteiger partial charge in [-0.1, -0.05) is 6.92 Å². The average molecular weight is 283 g/mol. The van der Waals surface area contributed by atoms with Crippen molar-refractivity contribution < 1.29 is 19.4 Å². The zero-order chi connectivity index (χ0) is 13.8. The van der Waals surface area contributed by atoms with Gasteiger partial charge in [0.15, 0.2) is 4.88 Å². The molecule has 19 heavy (non-hydrogen) atoms. The minimum Gasteiger partial charge on any atom is -0.491 e. The fourth-order valence-corrected chi connectivity index (χ4v) is 2.51. The van der Waals surface area contributed by atoms with Gasteiger partial charge in [-0.3, -0.25) is 4.79 Å². The number of ether oxygens (including phenoxy) is 1. The number of carboxylic acid groups (broad SMARTS) is 1. The summed E-state index contributed by atoms with van der Waals surface area (Å²) in [7, 11) is 0. The lowest BCUT2D eigenvalue weighted by Gasteiger charge is -2.05. The first-order valence-electron chi connectivity index (χ1n) is 6.38. The Balaban J connectivity index is 1.85. The number of hydrogen-bond acceptors (Lipinski definition) is 4. The lowest BCUT2D eigenvalue weighted by molar-refractivity contribution is -0.121. The van der Waals surface area contributed by atoms with Crippen LogP contribution in [0.1, 0.15) is 40.7 Å². The molecule has 1 aliphatic rings. The number of carboxylic acids is 1. The topological polar surface area (TPSA) is 75.6 Å². The fraction of sp³-hybridized carbons (Fsp3) is 0.538. The quantitative estimate of drug-likeness (QED) is 0.803. The summed E-state index contributed by atoms with van der Waals surface area (Å²) < 4.78 is 5.42. The Hall–Kier alpha value is -1.56. The van der Waals surface area contributed by atoms with Gasteiger partial charge in [0.1, 0.15) is 5.75 Å². The van der Waals surface area contributed by atoms with E-state index >= 15 is 0 Å². The lowest BCUT2D eigenvalue weighted by Crippen LogP contribution is -2.26. The summed E-state index contributed by atoms with van der Waals surface area (Å²) in [4.78, 5) is 23.7. The van der Waals surface area contributed by atoms with Gasteiger partial charge in [-0.15, -0.1) is 11.3 Å². The zero-order valence-electron chi connectivity index (χ0n) is 10.8. The molecule has 0 radical (unpaired) electrons. The van der Waals surface area contributed by atoms with E-state index in [-0.39, 0.29) is 23.8 Å². The van der Waals surface area contributed by atoms with Crippen molar-refractivity contribution in [1.29, 1.82) is 0 Å². The summed E-state index contributed by atoms with van der Waals surface area (Å²) in [5.41, 5.74) is 0. The number of carbonyl (C=O) groups is 2. The van der Waals surface area contributed by atoms with Gasteiger partial charge in [0.2, 0.25) is 5.91 Å². The Morgan fingerprint density at radius 2 is 2.26 bits per heavy atom. The molecule has 0 bridgehead atoms. The summed E-state index contributed by atoms with van der Waals surface area (Å²) in [5.74, 6) is -0.652. The lowest BCUT2D eigenvalue weighted by atomic mass is 10.3. The van der Waals surface area contributed by atoms with Gasteiger partial charge in [0.25, 0.3) is 0 Å². The van der Waals surface area contributed by atoms with Gasteiger partial charge >= 0.3 is 5.97 Å². The highest BCUT2D eigenvalue weighted by molar-refractivity contribution is 7.14. The predicted molar refractivity (Wildman–Crippen MR) is 71.9 cm³/mol. The number of carbonyl (C=O) groups excluding carboxylic acids is 1. The molecule has 2 rings (SSSR count). The Labute approximate surface area is 115 Å². The number of thiophene rings is 1. The van der Waals surface area contributed by atoms with Crippen LogP contribution in [0.15, 0.2) is 6.07 Å². The van der Waals surface area contributed by atoms with Gasteiger partial charge in [-0.05, 0) is 25.3 Å². The number of aryl methyl sites for hydroxylation is 1. The van der Waals surface area contributed by atoms with Crippen LogP contribution in [0, 0.1) is 0 Å². The van der Waals surface area contributed by atoms with Crippen LogP contribution in [0.5, 0.6) is 5.75 Å². The Bertz CT molecular complexity index is 479. The third-order valence-electron chi connectivity index (χ3n) is 2.82. The molecule has 5 nitrogen and oxygen atoms in total. The van der Waals surface area contributed by atoms with Crippen LogP contribution < -0.4 is 10.1 Å². The Kier molecular flexibility index (Phi) is 4.42. The molecule has 0 aliphatic heterocycles. The molecule has 104 valence electrons. The van der Waals surface area contributed by atoms with Gasteiger partial charge in [0.05, 0.1) is 13.0 Å². The second-order valence-corrected chi connectivity index (χ2v) is 5.64. The smallest absolute Gasteiger partial charge is 0.349 e. The summed E-state index contributed by atoms with van der Waals surface area (Å²) in [6.45, 7) is 2.17. The standard InChI is InChI=1S/C13H17NO4S/c1-2-9-7-10(12(19-9)13(16)17)18-6-5-11(15)14-8-3-4-8/h7-8H,2-6H2,1H3,(H,14,15)(H,16,17). The second kappa shape index (κ2) is 6.06. The molecule has 1 aromatic heterocycles. The molecule has 1 saturated carbocycles. The molecule has 0 saturated heterocycles. The molecule has 0 atom stereocenters. The van der Waals surface area contributed by atoms with Crippen LogP contribution in [0.25, 0.3) is 0 Å². The number of rotatable bonds is 7. The number of amides is 1. The van der Waals surface area contributed by atoms with E-state index in [1.807, 2.05) is 6.92 Å². The van der Waals surface area contributed by atoms with E-state index in [0.717, 1.165) is 24.1 Å². The van der Waals surface area contributed by atoms with Crippen LogP contribution in [-0.2, 0) is 11.2 Å². The molecule has 6 heteroatoms. The van der Waals surface area contributed by atoms with Crippen molar-refractivity contribution in [2.75, 3.05) is 6.61 Å². The van der Waals surface area contributed by atoms with Crippen molar-refractivity contribution >= 4 is 23.2 Å². The van der Waals surface area contributed by atoms with E-state index in [1.165, 1.54) is 11.3 Å². The van der Waals surface area contributed by atoms with Crippen molar-refractivity contribution in [3.63, 3.8) is 0 Å². The normalized spacial score (nSPS) is 14.2. The molecule has 0 spiro atoms. The van der Waals surface area contributed by atoms with Crippen LogP contribution in [0.4, 0.5) is 0 Å². The first-order valence-corrected chi connectivity index (χ1v) is 7.20. The molecule has 0 unspecified atom stereocenters. The van der Waals surface area contributed by atoms with E-state index in [1.54, 1.807) is 6.07 Å². The summed E-state index contributed by atoms with van der Waals surface area (Å²) in [5, 5.41) is 11.9. The second-order valence-electron chi connectivity index (χ2n) is 4.51. The molecular weight excluding hydrogens is 266 g/mol. The van der Waals surface area contributed by atoms with Gasteiger partial charge in [-0.25, -0.2) is 4.79 Å².